The first-order chi connectivity index (χ1) is 12.5. The first-order valence-electron chi connectivity index (χ1n) is 8.87. The van der Waals surface area contributed by atoms with Crippen LogP contribution < -0.4 is 15.4 Å². The monoisotopic (exact) mass is 376 g/mol. The first-order valence-corrected chi connectivity index (χ1v) is 9.75. The fraction of sp³-hybridized carbons (Fsp3) is 0.500. The molecule has 0 saturated heterocycles. The lowest BCUT2D eigenvalue weighted by atomic mass is 9.96. The Morgan fingerprint density at radius 1 is 1.31 bits per heavy atom. The molecular weight excluding hydrogens is 352 g/mol. The highest BCUT2D eigenvalue weighted by Gasteiger charge is 2.21. The molecule has 0 aliphatic heterocycles. The summed E-state index contributed by atoms with van der Waals surface area (Å²) >= 11 is 1.28. The maximum Gasteiger partial charge on any atom is 0.321 e. The van der Waals surface area contributed by atoms with E-state index in [4.69, 9.17) is 4.74 Å². The standard InChI is InChI=1S/C18H24N4O3S/c1-11(16(23)22-17(24)19-12-6-4-3-5-7-12)26-18-20-14-9-8-13(25-2)10-15(14)21-18/h8-12H,3-7H2,1-2H3,(H,20,21)(H2,19,22,23,24)/t11-/m0/s1. The molecule has 26 heavy (non-hydrogen) atoms. The summed E-state index contributed by atoms with van der Waals surface area (Å²) in [6.07, 6.45) is 5.43. The van der Waals surface area contributed by atoms with Gasteiger partial charge in [-0.15, -0.1) is 0 Å². The highest BCUT2D eigenvalue weighted by atomic mass is 32.2. The van der Waals surface area contributed by atoms with E-state index in [2.05, 4.69) is 20.6 Å². The minimum atomic E-state index is -0.449. The molecule has 140 valence electrons. The van der Waals surface area contributed by atoms with Crippen LogP contribution in [0.3, 0.4) is 0 Å². The summed E-state index contributed by atoms with van der Waals surface area (Å²) in [5.41, 5.74) is 1.64. The summed E-state index contributed by atoms with van der Waals surface area (Å²) in [6.45, 7) is 1.75. The molecule has 0 bridgehead atoms. The van der Waals surface area contributed by atoms with Gasteiger partial charge in [0.05, 0.1) is 23.4 Å². The molecule has 0 spiro atoms. The number of aromatic amines is 1. The van der Waals surface area contributed by atoms with Crippen molar-refractivity contribution in [3.05, 3.63) is 18.2 Å². The maximum absolute atomic E-state index is 12.3. The maximum atomic E-state index is 12.3. The van der Waals surface area contributed by atoms with Crippen LogP contribution in [0.25, 0.3) is 11.0 Å². The summed E-state index contributed by atoms with van der Waals surface area (Å²) in [6, 6.07) is 5.31. The Kier molecular flexibility index (Phi) is 6.03. The van der Waals surface area contributed by atoms with Crippen LogP contribution in [0.4, 0.5) is 4.79 Å². The predicted octanol–water partition coefficient (Wildman–Crippen LogP) is 3.21. The molecule has 1 aromatic carbocycles. The molecule has 1 atom stereocenters. The zero-order chi connectivity index (χ0) is 18.5. The number of thioether (sulfide) groups is 1. The SMILES string of the molecule is COc1ccc2nc(S[C@@H](C)C(=O)NC(=O)NC3CCCCC3)[nH]c2c1. The second kappa shape index (κ2) is 8.44. The van der Waals surface area contributed by atoms with E-state index in [1.165, 1.54) is 18.2 Å². The number of ether oxygens (including phenoxy) is 1. The van der Waals surface area contributed by atoms with Crippen LogP contribution in [0.1, 0.15) is 39.0 Å². The van der Waals surface area contributed by atoms with Crippen molar-refractivity contribution in [3.63, 3.8) is 0 Å². The Labute approximate surface area is 156 Å². The number of fused-ring (bicyclic) bond motifs is 1. The van der Waals surface area contributed by atoms with Gasteiger partial charge in [0.15, 0.2) is 5.16 Å². The average molecular weight is 376 g/mol. The van der Waals surface area contributed by atoms with Gasteiger partial charge in [-0.25, -0.2) is 9.78 Å². The van der Waals surface area contributed by atoms with Crippen LogP contribution in [0.5, 0.6) is 5.75 Å². The third-order valence-corrected chi connectivity index (χ3v) is 5.49. The van der Waals surface area contributed by atoms with E-state index in [1.54, 1.807) is 14.0 Å². The molecule has 0 radical (unpaired) electrons. The zero-order valence-electron chi connectivity index (χ0n) is 15.0. The van der Waals surface area contributed by atoms with Gasteiger partial charge in [-0.2, -0.15) is 0 Å². The number of carbonyl (C=O) groups excluding carboxylic acids is 2. The third kappa shape index (κ3) is 4.69. The summed E-state index contributed by atoms with van der Waals surface area (Å²) in [4.78, 5) is 31.9. The number of urea groups is 1. The Balaban J connectivity index is 1.54. The van der Waals surface area contributed by atoms with Crippen LogP contribution in [-0.2, 0) is 4.79 Å². The van der Waals surface area contributed by atoms with Crippen molar-refractivity contribution < 1.29 is 14.3 Å². The van der Waals surface area contributed by atoms with Gasteiger partial charge in [-0.3, -0.25) is 10.1 Å². The summed E-state index contributed by atoms with van der Waals surface area (Å²) in [7, 11) is 1.61. The van der Waals surface area contributed by atoms with Crippen LogP contribution in [0.2, 0.25) is 0 Å². The van der Waals surface area contributed by atoms with Gasteiger partial charge in [0.2, 0.25) is 5.91 Å². The lowest BCUT2D eigenvalue weighted by Gasteiger charge is -2.22. The Hall–Kier alpha value is -2.22. The van der Waals surface area contributed by atoms with Gasteiger partial charge >= 0.3 is 6.03 Å². The van der Waals surface area contributed by atoms with Crippen molar-refractivity contribution in [2.45, 2.75) is 55.5 Å². The van der Waals surface area contributed by atoms with Crippen LogP contribution >= 0.6 is 11.8 Å². The van der Waals surface area contributed by atoms with Gasteiger partial charge in [0.25, 0.3) is 0 Å². The molecule has 3 N–H and O–H groups in total. The quantitative estimate of drug-likeness (QED) is 0.697. The highest BCUT2D eigenvalue weighted by molar-refractivity contribution is 8.00. The molecular formula is C18H24N4O3S. The molecule has 1 fully saturated rings. The molecule has 1 saturated carbocycles. The van der Waals surface area contributed by atoms with Gasteiger partial charge in [-0.05, 0) is 31.9 Å². The van der Waals surface area contributed by atoms with Crippen molar-refractivity contribution in [2.75, 3.05) is 7.11 Å². The number of hydrogen-bond acceptors (Lipinski definition) is 5. The van der Waals surface area contributed by atoms with Crippen LogP contribution in [0.15, 0.2) is 23.4 Å². The molecule has 1 aliphatic rings. The molecule has 2 aromatic rings. The van der Waals surface area contributed by atoms with E-state index in [1.807, 2.05) is 18.2 Å². The van der Waals surface area contributed by atoms with E-state index < -0.39 is 11.3 Å². The fourth-order valence-electron chi connectivity index (χ4n) is 3.05. The van der Waals surface area contributed by atoms with E-state index in [0.29, 0.717) is 5.16 Å². The van der Waals surface area contributed by atoms with E-state index >= 15 is 0 Å². The summed E-state index contributed by atoms with van der Waals surface area (Å²) in [5.74, 6) is 0.407. The topological polar surface area (TPSA) is 96.1 Å². The number of benzene rings is 1. The Morgan fingerprint density at radius 2 is 2.08 bits per heavy atom. The number of nitrogens with one attached hydrogen (secondary N) is 3. The number of methoxy groups -OCH3 is 1. The number of aromatic nitrogens is 2. The number of amides is 3. The highest BCUT2D eigenvalue weighted by Crippen LogP contribution is 2.25. The van der Waals surface area contributed by atoms with Crippen molar-refractivity contribution in [1.29, 1.82) is 0 Å². The number of hydrogen-bond donors (Lipinski definition) is 3. The lowest BCUT2D eigenvalue weighted by Crippen LogP contribution is -2.47. The molecule has 8 heteroatoms. The largest absolute Gasteiger partial charge is 0.497 e. The van der Waals surface area contributed by atoms with Crippen molar-refractivity contribution in [3.8, 4) is 5.75 Å². The van der Waals surface area contributed by atoms with Crippen LogP contribution in [-0.4, -0.2) is 40.3 Å². The van der Waals surface area contributed by atoms with Gasteiger partial charge in [0.1, 0.15) is 5.75 Å². The molecule has 1 heterocycles. The van der Waals surface area contributed by atoms with Gasteiger partial charge < -0.3 is 15.0 Å². The summed E-state index contributed by atoms with van der Waals surface area (Å²) in [5, 5.41) is 5.49. The van der Waals surface area contributed by atoms with Crippen molar-refractivity contribution in [2.24, 2.45) is 0 Å². The van der Waals surface area contributed by atoms with E-state index in [9.17, 15) is 9.59 Å². The normalized spacial score (nSPS) is 16.2. The first kappa shape index (κ1) is 18.6. The summed E-state index contributed by atoms with van der Waals surface area (Å²) < 4.78 is 5.19. The number of H-pyrrole nitrogens is 1. The average Bonchev–Trinajstić information content (AvgIpc) is 3.03. The van der Waals surface area contributed by atoms with E-state index in [0.717, 1.165) is 42.5 Å². The minimum absolute atomic E-state index is 0.171. The number of imidazole rings is 1. The zero-order valence-corrected chi connectivity index (χ0v) is 15.8. The molecule has 1 aromatic heterocycles. The van der Waals surface area contributed by atoms with Crippen molar-refractivity contribution >= 4 is 34.7 Å². The lowest BCUT2D eigenvalue weighted by molar-refractivity contribution is -0.119. The third-order valence-electron chi connectivity index (χ3n) is 4.50. The smallest absolute Gasteiger partial charge is 0.321 e. The fourth-order valence-corrected chi connectivity index (χ4v) is 3.87. The molecule has 3 amide bonds. The van der Waals surface area contributed by atoms with Crippen LogP contribution in [0, 0.1) is 0 Å². The number of nitrogens with zero attached hydrogens (tertiary/aromatic N) is 1. The van der Waals surface area contributed by atoms with Gasteiger partial charge in [-0.1, -0.05) is 31.0 Å². The second-order valence-electron chi connectivity index (χ2n) is 6.48. The Bertz CT molecular complexity index is 786. The van der Waals surface area contributed by atoms with E-state index in [-0.39, 0.29) is 11.9 Å². The molecule has 0 unspecified atom stereocenters. The van der Waals surface area contributed by atoms with Crippen molar-refractivity contribution in [1.82, 2.24) is 20.6 Å². The predicted molar refractivity (Wildman–Crippen MR) is 102 cm³/mol. The number of rotatable bonds is 5. The molecule has 1 aliphatic carbocycles. The number of carbonyl (C=O) groups is 2. The minimum Gasteiger partial charge on any atom is -0.497 e. The Morgan fingerprint density at radius 3 is 2.81 bits per heavy atom. The molecule has 7 nitrogen and oxygen atoms in total. The second-order valence-corrected chi connectivity index (χ2v) is 7.81. The molecule has 3 rings (SSSR count). The van der Waals surface area contributed by atoms with Gasteiger partial charge in [0, 0.05) is 12.1 Å². The number of imide groups is 1.